The second-order valence-corrected chi connectivity index (χ2v) is 6.51. The van der Waals surface area contributed by atoms with Crippen molar-refractivity contribution in [1.82, 2.24) is 9.97 Å². The zero-order chi connectivity index (χ0) is 16.9. The minimum Gasteiger partial charge on any atom is -0.366 e. The maximum Gasteiger partial charge on any atom is 0.136 e. The van der Waals surface area contributed by atoms with Gasteiger partial charge in [-0.25, -0.2) is 9.97 Å². The van der Waals surface area contributed by atoms with E-state index in [4.69, 9.17) is 0 Å². The SMILES string of the molecule is Cc1nc(NCc2ccccc2C)cc(Nc2ccc(Br)cc2)n1. The first-order valence-electron chi connectivity index (χ1n) is 7.77. The summed E-state index contributed by atoms with van der Waals surface area (Å²) < 4.78 is 1.05. The molecule has 122 valence electrons. The lowest BCUT2D eigenvalue weighted by atomic mass is 10.1. The van der Waals surface area contributed by atoms with Crippen LogP contribution < -0.4 is 10.6 Å². The van der Waals surface area contributed by atoms with E-state index in [0.29, 0.717) is 0 Å². The van der Waals surface area contributed by atoms with Crippen LogP contribution >= 0.6 is 15.9 Å². The first kappa shape index (κ1) is 16.5. The van der Waals surface area contributed by atoms with Crippen LogP contribution in [0, 0.1) is 13.8 Å². The fraction of sp³-hybridized carbons (Fsp3) is 0.158. The molecule has 2 aromatic carbocycles. The Bertz CT molecular complexity index is 831. The van der Waals surface area contributed by atoms with Crippen molar-refractivity contribution in [1.29, 1.82) is 0 Å². The lowest BCUT2D eigenvalue weighted by Gasteiger charge is -2.11. The molecule has 0 bridgehead atoms. The molecule has 0 amide bonds. The molecule has 4 nitrogen and oxygen atoms in total. The molecule has 0 aliphatic heterocycles. The average molecular weight is 383 g/mol. The van der Waals surface area contributed by atoms with Gasteiger partial charge in [0.15, 0.2) is 0 Å². The van der Waals surface area contributed by atoms with Crippen molar-refractivity contribution in [2.45, 2.75) is 20.4 Å². The number of hydrogen-bond donors (Lipinski definition) is 2. The number of aromatic nitrogens is 2. The Balaban J connectivity index is 1.74. The van der Waals surface area contributed by atoms with Gasteiger partial charge in [-0.3, -0.25) is 0 Å². The van der Waals surface area contributed by atoms with Gasteiger partial charge in [-0.1, -0.05) is 40.2 Å². The molecule has 0 atom stereocenters. The molecule has 1 heterocycles. The Morgan fingerprint density at radius 2 is 1.62 bits per heavy atom. The third-order valence-corrected chi connectivity index (χ3v) is 4.20. The topological polar surface area (TPSA) is 49.8 Å². The number of halogens is 1. The second kappa shape index (κ2) is 7.45. The van der Waals surface area contributed by atoms with Gasteiger partial charge in [-0.2, -0.15) is 0 Å². The Kier molecular flexibility index (Phi) is 5.11. The van der Waals surface area contributed by atoms with Crippen LogP contribution in [0.25, 0.3) is 0 Å². The van der Waals surface area contributed by atoms with E-state index in [1.54, 1.807) is 0 Å². The van der Waals surface area contributed by atoms with Gasteiger partial charge in [0.1, 0.15) is 17.5 Å². The predicted molar refractivity (Wildman–Crippen MR) is 103 cm³/mol. The van der Waals surface area contributed by atoms with Gasteiger partial charge in [0, 0.05) is 22.8 Å². The predicted octanol–water partition coefficient (Wildman–Crippen LogP) is 5.21. The minimum atomic E-state index is 0.726. The van der Waals surface area contributed by atoms with E-state index >= 15 is 0 Å². The molecule has 0 fully saturated rings. The molecule has 0 aliphatic rings. The molecule has 0 saturated heterocycles. The fourth-order valence-corrected chi connectivity index (χ4v) is 2.66. The van der Waals surface area contributed by atoms with Crippen LogP contribution in [0.3, 0.4) is 0 Å². The highest BCUT2D eigenvalue weighted by atomic mass is 79.9. The molecule has 5 heteroatoms. The Labute approximate surface area is 150 Å². The summed E-state index contributed by atoms with van der Waals surface area (Å²) in [5.41, 5.74) is 3.52. The zero-order valence-electron chi connectivity index (χ0n) is 13.7. The van der Waals surface area contributed by atoms with E-state index in [-0.39, 0.29) is 0 Å². The van der Waals surface area contributed by atoms with E-state index in [2.05, 4.69) is 61.7 Å². The van der Waals surface area contributed by atoms with E-state index in [1.165, 1.54) is 11.1 Å². The number of hydrogen-bond acceptors (Lipinski definition) is 4. The summed E-state index contributed by atoms with van der Waals surface area (Å²) in [5.74, 6) is 2.31. The standard InChI is InChI=1S/C19H19BrN4/c1-13-5-3-4-6-15(13)12-21-18-11-19(23-14(2)22-18)24-17-9-7-16(20)8-10-17/h3-11H,12H2,1-2H3,(H2,21,22,23,24). The van der Waals surface area contributed by atoms with E-state index in [0.717, 1.165) is 34.2 Å². The quantitative estimate of drug-likeness (QED) is 0.635. The highest BCUT2D eigenvalue weighted by molar-refractivity contribution is 9.10. The lowest BCUT2D eigenvalue weighted by Crippen LogP contribution is -2.06. The van der Waals surface area contributed by atoms with Crippen LogP contribution in [0.1, 0.15) is 17.0 Å². The highest BCUT2D eigenvalue weighted by Crippen LogP contribution is 2.20. The van der Waals surface area contributed by atoms with Crippen LogP contribution in [-0.2, 0) is 6.54 Å². The molecule has 3 aromatic rings. The van der Waals surface area contributed by atoms with Crippen molar-refractivity contribution in [3.63, 3.8) is 0 Å². The van der Waals surface area contributed by atoms with Gasteiger partial charge >= 0.3 is 0 Å². The van der Waals surface area contributed by atoms with Gasteiger partial charge in [0.25, 0.3) is 0 Å². The molecule has 3 rings (SSSR count). The number of benzene rings is 2. The molecule has 0 saturated carbocycles. The van der Waals surface area contributed by atoms with Gasteiger partial charge in [0.05, 0.1) is 0 Å². The summed E-state index contributed by atoms with van der Waals surface area (Å²) in [7, 11) is 0. The third-order valence-electron chi connectivity index (χ3n) is 3.68. The van der Waals surface area contributed by atoms with Crippen LogP contribution in [0.4, 0.5) is 17.3 Å². The lowest BCUT2D eigenvalue weighted by molar-refractivity contribution is 1.02. The maximum absolute atomic E-state index is 4.46. The molecule has 0 spiro atoms. The molecular weight excluding hydrogens is 364 g/mol. The van der Waals surface area contributed by atoms with Crippen LogP contribution in [-0.4, -0.2) is 9.97 Å². The molecule has 2 N–H and O–H groups in total. The van der Waals surface area contributed by atoms with Gasteiger partial charge in [-0.05, 0) is 49.2 Å². The molecule has 1 aromatic heterocycles. The second-order valence-electron chi connectivity index (χ2n) is 5.60. The van der Waals surface area contributed by atoms with Crippen molar-refractivity contribution < 1.29 is 0 Å². The smallest absolute Gasteiger partial charge is 0.136 e. The highest BCUT2D eigenvalue weighted by Gasteiger charge is 2.04. The van der Waals surface area contributed by atoms with Crippen molar-refractivity contribution in [2.24, 2.45) is 0 Å². The number of rotatable bonds is 5. The maximum atomic E-state index is 4.46. The molecule has 0 radical (unpaired) electrons. The average Bonchev–Trinajstić information content (AvgIpc) is 2.56. The van der Waals surface area contributed by atoms with Gasteiger partial charge in [-0.15, -0.1) is 0 Å². The van der Waals surface area contributed by atoms with Gasteiger partial charge in [0.2, 0.25) is 0 Å². The van der Waals surface area contributed by atoms with Crippen molar-refractivity contribution in [3.8, 4) is 0 Å². The van der Waals surface area contributed by atoms with Crippen molar-refractivity contribution >= 4 is 33.3 Å². The van der Waals surface area contributed by atoms with Crippen LogP contribution in [0.15, 0.2) is 59.1 Å². The number of aryl methyl sites for hydroxylation is 2. The number of anilines is 3. The summed E-state index contributed by atoms with van der Waals surface area (Å²) in [6.07, 6.45) is 0. The zero-order valence-corrected chi connectivity index (χ0v) is 15.3. The Hall–Kier alpha value is -2.40. The summed E-state index contributed by atoms with van der Waals surface area (Å²) in [5, 5.41) is 6.69. The molecule has 0 unspecified atom stereocenters. The van der Waals surface area contributed by atoms with Crippen molar-refractivity contribution in [3.05, 3.63) is 76.0 Å². The van der Waals surface area contributed by atoms with Crippen molar-refractivity contribution in [2.75, 3.05) is 10.6 Å². The van der Waals surface area contributed by atoms with E-state index in [1.807, 2.05) is 43.3 Å². The molecule has 24 heavy (non-hydrogen) atoms. The monoisotopic (exact) mass is 382 g/mol. The van der Waals surface area contributed by atoms with Gasteiger partial charge < -0.3 is 10.6 Å². The first-order chi connectivity index (χ1) is 11.6. The molecule has 0 aliphatic carbocycles. The van der Waals surface area contributed by atoms with E-state index in [9.17, 15) is 0 Å². The minimum absolute atomic E-state index is 0.726. The first-order valence-corrected chi connectivity index (χ1v) is 8.56. The summed E-state index contributed by atoms with van der Waals surface area (Å²) in [6.45, 7) is 4.75. The summed E-state index contributed by atoms with van der Waals surface area (Å²) >= 11 is 3.44. The Morgan fingerprint density at radius 1 is 0.917 bits per heavy atom. The summed E-state index contributed by atoms with van der Waals surface area (Å²) in [4.78, 5) is 8.91. The van der Waals surface area contributed by atoms with Crippen LogP contribution in [0.5, 0.6) is 0 Å². The summed E-state index contributed by atoms with van der Waals surface area (Å²) in [6, 6.07) is 18.3. The third kappa shape index (κ3) is 4.32. The van der Waals surface area contributed by atoms with E-state index < -0.39 is 0 Å². The largest absolute Gasteiger partial charge is 0.366 e. The van der Waals surface area contributed by atoms with Crippen LogP contribution in [0.2, 0.25) is 0 Å². The fourth-order valence-electron chi connectivity index (χ4n) is 2.40. The number of nitrogens with one attached hydrogen (secondary N) is 2. The molecular formula is C19H19BrN4. The normalized spacial score (nSPS) is 10.5. The Morgan fingerprint density at radius 3 is 2.38 bits per heavy atom. The number of nitrogens with zero attached hydrogens (tertiary/aromatic N) is 2.